The highest BCUT2D eigenvalue weighted by molar-refractivity contribution is 7.92. The first-order valence-corrected chi connectivity index (χ1v) is 13.5. The lowest BCUT2D eigenvalue weighted by molar-refractivity contribution is -0.139. The smallest absolute Gasteiger partial charge is 0.264 e. The van der Waals surface area contributed by atoms with E-state index in [1.54, 1.807) is 68.6 Å². The van der Waals surface area contributed by atoms with Crippen molar-refractivity contribution in [3.8, 4) is 17.2 Å². The molecule has 0 fully saturated rings. The van der Waals surface area contributed by atoms with Gasteiger partial charge in [0.25, 0.3) is 10.0 Å². The molecule has 0 saturated carbocycles. The fraction of sp³-hybridized carbons (Fsp3) is 0.286. The van der Waals surface area contributed by atoms with Crippen LogP contribution < -0.4 is 23.8 Å². The van der Waals surface area contributed by atoms with Gasteiger partial charge in [0, 0.05) is 19.7 Å². The third-order valence-electron chi connectivity index (χ3n) is 6.19. The van der Waals surface area contributed by atoms with Crippen LogP contribution in [0.1, 0.15) is 12.5 Å². The molecule has 208 valence electrons. The molecular weight excluding hydrogens is 522 g/mol. The van der Waals surface area contributed by atoms with Gasteiger partial charge in [-0.25, -0.2) is 8.42 Å². The maximum atomic E-state index is 13.9. The Morgan fingerprint density at radius 3 is 2.05 bits per heavy atom. The molecule has 11 heteroatoms. The molecule has 0 radical (unpaired) electrons. The summed E-state index contributed by atoms with van der Waals surface area (Å²) in [6.07, 6.45) is 0. The van der Waals surface area contributed by atoms with Crippen LogP contribution >= 0.6 is 0 Å². The fourth-order valence-corrected chi connectivity index (χ4v) is 5.38. The highest BCUT2D eigenvalue weighted by Gasteiger charge is 2.33. The Morgan fingerprint density at radius 2 is 1.49 bits per heavy atom. The topological polar surface area (TPSA) is 114 Å². The molecule has 3 aromatic rings. The van der Waals surface area contributed by atoms with E-state index in [9.17, 15) is 18.0 Å². The Hall–Kier alpha value is -4.25. The zero-order chi connectivity index (χ0) is 28.6. The van der Waals surface area contributed by atoms with Crippen molar-refractivity contribution in [2.45, 2.75) is 24.4 Å². The van der Waals surface area contributed by atoms with Crippen LogP contribution in [0.15, 0.2) is 77.7 Å². The lowest BCUT2D eigenvalue weighted by Crippen LogP contribution is -2.50. The third-order valence-corrected chi connectivity index (χ3v) is 7.96. The number of nitrogens with one attached hydrogen (secondary N) is 1. The van der Waals surface area contributed by atoms with Gasteiger partial charge in [-0.2, -0.15) is 0 Å². The van der Waals surface area contributed by atoms with Crippen LogP contribution in [0.25, 0.3) is 0 Å². The molecule has 0 saturated heterocycles. The predicted octanol–water partition coefficient (Wildman–Crippen LogP) is 3.07. The molecule has 10 nitrogen and oxygen atoms in total. The molecule has 0 aliphatic heterocycles. The number of benzene rings is 3. The number of carbonyl (C=O) groups excluding carboxylic acids is 2. The van der Waals surface area contributed by atoms with Gasteiger partial charge in [0.1, 0.15) is 29.8 Å². The Morgan fingerprint density at radius 1 is 0.872 bits per heavy atom. The second-order valence-corrected chi connectivity index (χ2v) is 10.4. The SMILES string of the molecule is CNC(=O)[C@H](C)N(Cc1ccc(OC)cc1)C(=O)CN(c1cc(OC)ccc1OC)S(=O)(=O)c1ccccc1. The van der Waals surface area contributed by atoms with Crippen LogP contribution in [-0.4, -0.2) is 66.1 Å². The number of carbonyl (C=O) groups is 2. The molecule has 1 N–H and O–H groups in total. The average molecular weight is 556 g/mol. The van der Waals surface area contributed by atoms with E-state index in [1.165, 1.54) is 44.4 Å². The molecule has 1 atom stereocenters. The molecule has 0 bridgehead atoms. The largest absolute Gasteiger partial charge is 0.497 e. The van der Waals surface area contributed by atoms with Gasteiger partial charge >= 0.3 is 0 Å². The van der Waals surface area contributed by atoms with Crippen LogP contribution in [0, 0.1) is 0 Å². The summed E-state index contributed by atoms with van der Waals surface area (Å²) in [5.74, 6) is 0.255. The average Bonchev–Trinajstić information content (AvgIpc) is 2.98. The number of likely N-dealkylation sites (N-methyl/N-ethyl adjacent to an activating group) is 1. The summed E-state index contributed by atoms with van der Waals surface area (Å²) in [5.41, 5.74) is 0.849. The van der Waals surface area contributed by atoms with E-state index < -0.39 is 34.4 Å². The summed E-state index contributed by atoms with van der Waals surface area (Å²) in [5, 5.41) is 2.56. The third kappa shape index (κ3) is 6.80. The minimum Gasteiger partial charge on any atom is -0.497 e. The molecule has 0 aliphatic carbocycles. The Kier molecular flexibility index (Phi) is 9.78. The van der Waals surface area contributed by atoms with Gasteiger partial charge in [0.15, 0.2) is 0 Å². The van der Waals surface area contributed by atoms with Gasteiger partial charge in [0.2, 0.25) is 11.8 Å². The Balaban J connectivity index is 2.09. The van der Waals surface area contributed by atoms with Crippen molar-refractivity contribution < 1.29 is 32.2 Å². The first kappa shape index (κ1) is 29.3. The van der Waals surface area contributed by atoms with Crippen LogP contribution in [0.3, 0.4) is 0 Å². The molecule has 2 amide bonds. The first-order valence-electron chi connectivity index (χ1n) is 12.1. The Labute approximate surface area is 229 Å². The summed E-state index contributed by atoms with van der Waals surface area (Å²) in [6.45, 7) is 1.05. The minimum absolute atomic E-state index is 0.0104. The van der Waals surface area contributed by atoms with Gasteiger partial charge in [-0.15, -0.1) is 0 Å². The van der Waals surface area contributed by atoms with Crippen molar-refractivity contribution in [2.24, 2.45) is 0 Å². The summed E-state index contributed by atoms with van der Waals surface area (Å²) < 4.78 is 44.8. The van der Waals surface area contributed by atoms with Crippen LogP contribution in [-0.2, 0) is 26.2 Å². The number of anilines is 1. The highest BCUT2D eigenvalue weighted by Crippen LogP contribution is 2.36. The zero-order valence-electron chi connectivity index (χ0n) is 22.6. The maximum Gasteiger partial charge on any atom is 0.264 e. The van der Waals surface area contributed by atoms with Gasteiger partial charge in [0.05, 0.1) is 31.9 Å². The van der Waals surface area contributed by atoms with E-state index in [0.29, 0.717) is 11.5 Å². The molecule has 0 aromatic heterocycles. The molecule has 0 unspecified atom stereocenters. The van der Waals surface area contributed by atoms with E-state index in [4.69, 9.17) is 14.2 Å². The number of amides is 2. The number of methoxy groups -OCH3 is 3. The van der Waals surface area contributed by atoms with Crippen molar-refractivity contribution in [2.75, 3.05) is 39.2 Å². The summed E-state index contributed by atoms with van der Waals surface area (Å²) in [6, 6.07) is 18.6. The second-order valence-electron chi connectivity index (χ2n) is 8.52. The van der Waals surface area contributed by atoms with E-state index in [0.717, 1.165) is 9.87 Å². The van der Waals surface area contributed by atoms with Crippen LogP contribution in [0.5, 0.6) is 17.2 Å². The molecular formula is C28H33N3O7S. The molecule has 39 heavy (non-hydrogen) atoms. The normalized spacial score (nSPS) is 11.7. The van der Waals surface area contributed by atoms with Crippen LogP contribution in [0.4, 0.5) is 5.69 Å². The van der Waals surface area contributed by atoms with Crippen molar-refractivity contribution in [1.29, 1.82) is 0 Å². The first-order chi connectivity index (χ1) is 18.7. The van der Waals surface area contributed by atoms with Gasteiger partial charge in [-0.1, -0.05) is 30.3 Å². The standard InChI is InChI=1S/C28H33N3O7S/c1-20(28(33)29-2)30(18-21-11-13-22(36-3)14-12-21)27(32)19-31(39(34,35)24-9-7-6-8-10-24)25-17-23(37-4)15-16-26(25)38-5/h6-17,20H,18-19H2,1-5H3,(H,29,33)/t20-/m0/s1. The lowest BCUT2D eigenvalue weighted by atomic mass is 10.1. The van der Waals surface area contributed by atoms with E-state index in [1.807, 2.05) is 0 Å². The van der Waals surface area contributed by atoms with E-state index in [-0.39, 0.29) is 22.9 Å². The highest BCUT2D eigenvalue weighted by atomic mass is 32.2. The summed E-state index contributed by atoms with van der Waals surface area (Å²) in [4.78, 5) is 27.8. The molecule has 3 rings (SSSR count). The molecule has 0 spiro atoms. The lowest BCUT2D eigenvalue weighted by Gasteiger charge is -2.32. The number of rotatable bonds is 12. The zero-order valence-corrected chi connectivity index (χ0v) is 23.4. The maximum absolute atomic E-state index is 13.9. The number of hydrogen-bond acceptors (Lipinski definition) is 7. The number of sulfonamides is 1. The predicted molar refractivity (Wildman–Crippen MR) is 148 cm³/mol. The molecule has 3 aromatic carbocycles. The number of nitrogens with zero attached hydrogens (tertiary/aromatic N) is 2. The van der Waals surface area contributed by atoms with E-state index >= 15 is 0 Å². The fourth-order valence-electron chi connectivity index (χ4n) is 3.94. The van der Waals surface area contributed by atoms with Gasteiger partial charge < -0.3 is 24.4 Å². The quantitative estimate of drug-likeness (QED) is 0.365. The number of ether oxygens (including phenoxy) is 3. The molecule has 0 aliphatic rings. The Bertz CT molecular complexity index is 1380. The van der Waals surface area contributed by atoms with Crippen molar-refractivity contribution >= 4 is 27.5 Å². The van der Waals surface area contributed by atoms with E-state index in [2.05, 4.69) is 5.32 Å². The van der Waals surface area contributed by atoms with Crippen LogP contribution in [0.2, 0.25) is 0 Å². The summed E-state index contributed by atoms with van der Waals surface area (Å²) >= 11 is 0. The monoisotopic (exact) mass is 555 g/mol. The van der Waals surface area contributed by atoms with Crippen molar-refractivity contribution in [3.63, 3.8) is 0 Å². The minimum atomic E-state index is -4.24. The van der Waals surface area contributed by atoms with Crippen molar-refractivity contribution in [1.82, 2.24) is 10.2 Å². The second kappa shape index (κ2) is 13.0. The molecule has 0 heterocycles. The van der Waals surface area contributed by atoms with Crippen molar-refractivity contribution in [3.05, 3.63) is 78.4 Å². The van der Waals surface area contributed by atoms with Gasteiger partial charge in [-0.3, -0.25) is 13.9 Å². The number of hydrogen-bond donors (Lipinski definition) is 1. The van der Waals surface area contributed by atoms with Gasteiger partial charge in [-0.05, 0) is 48.9 Å². The summed E-state index contributed by atoms with van der Waals surface area (Å²) in [7, 11) is 1.64.